The van der Waals surface area contributed by atoms with Gasteiger partial charge < -0.3 is 5.32 Å². The second-order valence-corrected chi connectivity index (χ2v) is 5.39. The number of carbonyl (C=O) groups excluding carboxylic acids is 1. The van der Waals surface area contributed by atoms with Crippen LogP contribution in [0.5, 0.6) is 0 Å². The summed E-state index contributed by atoms with van der Waals surface area (Å²) in [5.74, 6) is 0.224. The van der Waals surface area contributed by atoms with Crippen LogP contribution in [0.25, 0.3) is 0 Å². The molecule has 0 aromatic heterocycles. The van der Waals surface area contributed by atoms with Gasteiger partial charge in [-0.3, -0.25) is 9.69 Å². The van der Waals surface area contributed by atoms with Crippen LogP contribution >= 0.6 is 0 Å². The normalized spacial score (nSPS) is 11.1. The van der Waals surface area contributed by atoms with Gasteiger partial charge in [-0.1, -0.05) is 17.7 Å². The fourth-order valence-corrected chi connectivity index (χ4v) is 2.55. The molecule has 0 aliphatic heterocycles. The molecule has 0 heterocycles. The number of rotatable bonds is 7. The zero-order chi connectivity index (χ0) is 14.4. The largest absolute Gasteiger partial charge is 0.320 e. The Morgan fingerprint density at radius 3 is 2.32 bits per heavy atom. The summed E-state index contributed by atoms with van der Waals surface area (Å²) in [6.45, 7) is 8.53. The maximum absolute atomic E-state index is 12.4. The summed E-state index contributed by atoms with van der Waals surface area (Å²) in [6.07, 6.45) is 1.06. The van der Waals surface area contributed by atoms with Gasteiger partial charge in [-0.05, 0) is 65.5 Å². The van der Waals surface area contributed by atoms with Gasteiger partial charge in [0, 0.05) is 5.56 Å². The average Bonchev–Trinajstić information content (AvgIpc) is 2.27. The van der Waals surface area contributed by atoms with Crippen LogP contribution in [0.2, 0.25) is 0 Å². The highest BCUT2D eigenvalue weighted by Crippen LogP contribution is 2.17. The van der Waals surface area contributed by atoms with Crippen LogP contribution in [0.3, 0.4) is 0 Å². The summed E-state index contributed by atoms with van der Waals surface area (Å²) in [4.78, 5) is 14.5. The number of nitrogens with zero attached hydrogens (tertiary/aromatic N) is 1. The number of nitrogens with one attached hydrogen (secondary N) is 1. The van der Waals surface area contributed by atoms with E-state index in [0.717, 1.165) is 36.2 Å². The van der Waals surface area contributed by atoms with Gasteiger partial charge >= 0.3 is 0 Å². The molecular formula is C16H26N2O. The van der Waals surface area contributed by atoms with Gasteiger partial charge in [0.1, 0.15) is 0 Å². The highest BCUT2D eigenvalue weighted by molar-refractivity contribution is 6.00. The van der Waals surface area contributed by atoms with Crippen molar-refractivity contribution < 1.29 is 4.79 Å². The Labute approximate surface area is 117 Å². The Kier molecular flexibility index (Phi) is 6.19. The molecule has 1 aromatic carbocycles. The third-order valence-corrected chi connectivity index (χ3v) is 3.34. The van der Waals surface area contributed by atoms with E-state index in [-0.39, 0.29) is 5.78 Å². The SMILES string of the molecule is CNCCCN(C)CC(=O)c1c(C)cc(C)cc1C. The van der Waals surface area contributed by atoms with Crippen molar-refractivity contribution in [3.05, 3.63) is 34.4 Å². The van der Waals surface area contributed by atoms with E-state index in [9.17, 15) is 4.79 Å². The van der Waals surface area contributed by atoms with E-state index in [1.54, 1.807) is 0 Å². The van der Waals surface area contributed by atoms with Gasteiger partial charge in [-0.25, -0.2) is 0 Å². The first-order valence-corrected chi connectivity index (χ1v) is 6.90. The Hall–Kier alpha value is -1.19. The number of Topliss-reactive ketones (excluding diaryl/α,β-unsaturated/α-hetero) is 1. The molecular weight excluding hydrogens is 236 g/mol. The highest BCUT2D eigenvalue weighted by atomic mass is 16.1. The lowest BCUT2D eigenvalue weighted by Crippen LogP contribution is -2.29. The van der Waals surface area contributed by atoms with Crippen molar-refractivity contribution in [3.8, 4) is 0 Å². The highest BCUT2D eigenvalue weighted by Gasteiger charge is 2.14. The van der Waals surface area contributed by atoms with E-state index in [1.165, 1.54) is 5.56 Å². The molecule has 0 aliphatic rings. The first-order chi connectivity index (χ1) is 8.95. The summed E-state index contributed by atoms with van der Waals surface area (Å²) < 4.78 is 0. The van der Waals surface area contributed by atoms with E-state index in [1.807, 2.05) is 27.9 Å². The summed E-state index contributed by atoms with van der Waals surface area (Å²) >= 11 is 0. The van der Waals surface area contributed by atoms with Crippen LogP contribution in [-0.4, -0.2) is 44.4 Å². The van der Waals surface area contributed by atoms with E-state index in [4.69, 9.17) is 0 Å². The molecule has 0 spiro atoms. The lowest BCUT2D eigenvalue weighted by Gasteiger charge is -2.17. The molecule has 0 aliphatic carbocycles. The molecule has 1 N–H and O–H groups in total. The van der Waals surface area contributed by atoms with Gasteiger partial charge in [0.15, 0.2) is 5.78 Å². The first-order valence-electron chi connectivity index (χ1n) is 6.90. The Morgan fingerprint density at radius 2 is 1.79 bits per heavy atom. The number of hydrogen-bond donors (Lipinski definition) is 1. The van der Waals surface area contributed by atoms with Crippen molar-refractivity contribution in [2.24, 2.45) is 0 Å². The van der Waals surface area contributed by atoms with E-state index >= 15 is 0 Å². The molecule has 19 heavy (non-hydrogen) atoms. The van der Waals surface area contributed by atoms with Crippen molar-refractivity contribution in [1.29, 1.82) is 0 Å². The van der Waals surface area contributed by atoms with E-state index in [0.29, 0.717) is 6.54 Å². The number of ketones is 1. The van der Waals surface area contributed by atoms with Crippen LogP contribution in [0.4, 0.5) is 0 Å². The smallest absolute Gasteiger partial charge is 0.177 e. The molecule has 0 fully saturated rings. The van der Waals surface area contributed by atoms with Crippen LogP contribution in [0.1, 0.15) is 33.5 Å². The summed E-state index contributed by atoms with van der Waals surface area (Å²) in [5, 5.41) is 3.12. The topological polar surface area (TPSA) is 32.3 Å². The molecule has 0 bridgehead atoms. The second-order valence-electron chi connectivity index (χ2n) is 5.39. The number of carbonyl (C=O) groups is 1. The number of hydrogen-bond acceptors (Lipinski definition) is 3. The quantitative estimate of drug-likeness (QED) is 0.604. The first kappa shape index (κ1) is 15.9. The molecule has 3 heteroatoms. The monoisotopic (exact) mass is 262 g/mol. The van der Waals surface area contributed by atoms with E-state index in [2.05, 4.69) is 29.3 Å². The van der Waals surface area contributed by atoms with Crippen molar-refractivity contribution in [3.63, 3.8) is 0 Å². The van der Waals surface area contributed by atoms with Crippen LogP contribution in [0.15, 0.2) is 12.1 Å². The molecule has 1 aromatic rings. The molecule has 106 valence electrons. The fourth-order valence-electron chi connectivity index (χ4n) is 2.55. The van der Waals surface area contributed by atoms with Gasteiger partial charge in [-0.15, -0.1) is 0 Å². The summed E-state index contributed by atoms with van der Waals surface area (Å²) in [5.41, 5.74) is 4.29. The number of likely N-dealkylation sites (N-methyl/N-ethyl adjacent to an activating group) is 1. The third kappa shape index (κ3) is 4.77. The molecule has 3 nitrogen and oxygen atoms in total. The van der Waals surface area contributed by atoms with E-state index < -0.39 is 0 Å². The lowest BCUT2D eigenvalue weighted by atomic mass is 9.96. The predicted octanol–water partition coefficient (Wildman–Crippen LogP) is 2.34. The zero-order valence-electron chi connectivity index (χ0n) is 12.8. The summed E-state index contributed by atoms with van der Waals surface area (Å²) in [7, 11) is 3.95. The average molecular weight is 262 g/mol. The number of benzene rings is 1. The fraction of sp³-hybridized carbons (Fsp3) is 0.562. The van der Waals surface area contributed by atoms with Crippen LogP contribution in [-0.2, 0) is 0 Å². The van der Waals surface area contributed by atoms with Crippen molar-refractivity contribution in [1.82, 2.24) is 10.2 Å². The van der Waals surface area contributed by atoms with Crippen LogP contribution < -0.4 is 5.32 Å². The third-order valence-electron chi connectivity index (χ3n) is 3.34. The standard InChI is InChI=1S/C16H26N2O/c1-12-9-13(2)16(14(3)10-12)15(19)11-18(5)8-6-7-17-4/h9-10,17H,6-8,11H2,1-5H3. The molecule has 1 rings (SSSR count). The van der Waals surface area contributed by atoms with Gasteiger partial charge in [0.2, 0.25) is 0 Å². The maximum atomic E-state index is 12.4. The minimum atomic E-state index is 0.224. The molecule has 0 radical (unpaired) electrons. The Bertz CT molecular complexity index is 417. The zero-order valence-corrected chi connectivity index (χ0v) is 12.8. The minimum absolute atomic E-state index is 0.224. The predicted molar refractivity (Wildman–Crippen MR) is 81.0 cm³/mol. The van der Waals surface area contributed by atoms with Gasteiger partial charge in [-0.2, -0.15) is 0 Å². The Balaban J connectivity index is 2.68. The number of aryl methyl sites for hydroxylation is 3. The van der Waals surface area contributed by atoms with Crippen molar-refractivity contribution in [2.45, 2.75) is 27.2 Å². The van der Waals surface area contributed by atoms with Gasteiger partial charge in [0.05, 0.1) is 6.54 Å². The molecule has 0 amide bonds. The lowest BCUT2D eigenvalue weighted by molar-refractivity contribution is 0.0944. The molecule has 0 saturated carbocycles. The Morgan fingerprint density at radius 1 is 1.21 bits per heavy atom. The minimum Gasteiger partial charge on any atom is -0.320 e. The summed E-state index contributed by atoms with van der Waals surface area (Å²) in [6, 6.07) is 4.17. The second kappa shape index (κ2) is 7.41. The molecule has 0 atom stereocenters. The molecule has 0 unspecified atom stereocenters. The molecule has 0 saturated heterocycles. The maximum Gasteiger partial charge on any atom is 0.177 e. The van der Waals surface area contributed by atoms with Crippen molar-refractivity contribution >= 4 is 5.78 Å². The van der Waals surface area contributed by atoms with Gasteiger partial charge in [0.25, 0.3) is 0 Å². The van der Waals surface area contributed by atoms with Crippen molar-refractivity contribution in [2.75, 3.05) is 33.7 Å². The van der Waals surface area contributed by atoms with Crippen LogP contribution in [0, 0.1) is 20.8 Å².